The van der Waals surface area contributed by atoms with E-state index < -0.39 is 5.97 Å². The molecule has 0 spiro atoms. The molecule has 20 heavy (non-hydrogen) atoms. The van der Waals surface area contributed by atoms with Gasteiger partial charge in [-0.2, -0.15) is 0 Å². The molecule has 2 N–H and O–H groups in total. The SMILES string of the molecule is CC(CC(=O)N1CCCC(C(=O)O)C1)C1CCCNC1. The lowest BCUT2D eigenvalue weighted by atomic mass is 9.85. The molecule has 2 rings (SSSR count). The van der Waals surface area contributed by atoms with Gasteiger partial charge in [0.25, 0.3) is 0 Å². The Balaban J connectivity index is 1.82. The van der Waals surface area contributed by atoms with E-state index in [1.807, 2.05) is 0 Å². The Hall–Kier alpha value is -1.10. The highest BCUT2D eigenvalue weighted by Gasteiger charge is 2.30. The number of carboxylic acids is 1. The maximum atomic E-state index is 12.3. The summed E-state index contributed by atoms with van der Waals surface area (Å²) in [5.41, 5.74) is 0. The maximum Gasteiger partial charge on any atom is 0.308 e. The van der Waals surface area contributed by atoms with Crippen LogP contribution in [0.5, 0.6) is 0 Å². The van der Waals surface area contributed by atoms with Crippen LogP contribution in [0.15, 0.2) is 0 Å². The third-order valence-electron chi connectivity index (χ3n) is 4.76. The van der Waals surface area contributed by atoms with Gasteiger partial charge in [-0.3, -0.25) is 9.59 Å². The molecule has 3 atom stereocenters. The van der Waals surface area contributed by atoms with E-state index in [1.54, 1.807) is 4.90 Å². The second-order valence-electron chi connectivity index (χ2n) is 6.30. The number of nitrogens with zero attached hydrogens (tertiary/aromatic N) is 1. The number of rotatable bonds is 4. The molecule has 2 heterocycles. The molecule has 2 saturated heterocycles. The van der Waals surface area contributed by atoms with Gasteiger partial charge in [0.15, 0.2) is 0 Å². The molecule has 0 aromatic rings. The largest absolute Gasteiger partial charge is 0.481 e. The molecule has 0 aliphatic carbocycles. The van der Waals surface area contributed by atoms with Gasteiger partial charge in [0.05, 0.1) is 5.92 Å². The van der Waals surface area contributed by atoms with Crippen LogP contribution in [0.25, 0.3) is 0 Å². The fourth-order valence-electron chi connectivity index (χ4n) is 3.34. The summed E-state index contributed by atoms with van der Waals surface area (Å²) in [6.07, 6.45) is 4.44. The number of nitrogens with one attached hydrogen (secondary N) is 1. The number of hydrogen-bond acceptors (Lipinski definition) is 3. The third kappa shape index (κ3) is 3.95. The summed E-state index contributed by atoms with van der Waals surface area (Å²) >= 11 is 0. The molecule has 0 radical (unpaired) electrons. The van der Waals surface area contributed by atoms with E-state index in [2.05, 4.69) is 12.2 Å². The number of carbonyl (C=O) groups is 2. The van der Waals surface area contributed by atoms with E-state index in [4.69, 9.17) is 5.11 Å². The van der Waals surface area contributed by atoms with Crippen LogP contribution in [0.2, 0.25) is 0 Å². The van der Waals surface area contributed by atoms with Crippen LogP contribution in [-0.4, -0.2) is 48.1 Å². The van der Waals surface area contributed by atoms with E-state index in [9.17, 15) is 9.59 Å². The number of aliphatic carboxylic acids is 1. The highest BCUT2D eigenvalue weighted by atomic mass is 16.4. The van der Waals surface area contributed by atoms with Gasteiger partial charge in [0.1, 0.15) is 0 Å². The highest BCUT2D eigenvalue weighted by Crippen LogP contribution is 2.24. The zero-order chi connectivity index (χ0) is 14.5. The van der Waals surface area contributed by atoms with Crippen molar-refractivity contribution in [3.8, 4) is 0 Å². The fraction of sp³-hybridized carbons (Fsp3) is 0.867. The number of likely N-dealkylation sites (tertiary alicyclic amines) is 1. The van der Waals surface area contributed by atoms with Crippen molar-refractivity contribution in [1.82, 2.24) is 10.2 Å². The molecule has 0 aromatic heterocycles. The molecule has 114 valence electrons. The van der Waals surface area contributed by atoms with Crippen molar-refractivity contribution in [3.05, 3.63) is 0 Å². The minimum absolute atomic E-state index is 0.133. The Bertz CT molecular complexity index is 353. The van der Waals surface area contributed by atoms with E-state index in [0.29, 0.717) is 31.2 Å². The molecule has 2 aliphatic rings. The van der Waals surface area contributed by atoms with E-state index >= 15 is 0 Å². The number of carbonyl (C=O) groups excluding carboxylic acids is 1. The van der Waals surface area contributed by atoms with Crippen molar-refractivity contribution in [1.29, 1.82) is 0 Å². The van der Waals surface area contributed by atoms with Crippen LogP contribution in [0.1, 0.15) is 39.0 Å². The van der Waals surface area contributed by atoms with E-state index in [0.717, 1.165) is 26.1 Å². The molecule has 2 fully saturated rings. The Kier molecular flexibility index (Phi) is 5.40. The van der Waals surface area contributed by atoms with Gasteiger partial charge in [0, 0.05) is 19.5 Å². The lowest BCUT2D eigenvalue weighted by Gasteiger charge is -2.33. The van der Waals surface area contributed by atoms with Crippen LogP contribution >= 0.6 is 0 Å². The van der Waals surface area contributed by atoms with Crippen LogP contribution in [0.3, 0.4) is 0 Å². The number of hydrogen-bond donors (Lipinski definition) is 2. The average Bonchev–Trinajstić information content (AvgIpc) is 2.48. The summed E-state index contributed by atoms with van der Waals surface area (Å²) < 4.78 is 0. The predicted octanol–water partition coefficient (Wildman–Crippen LogP) is 1.34. The molecule has 5 heteroatoms. The van der Waals surface area contributed by atoms with Crippen molar-refractivity contribution in [2.75, 3.05) is 26.2 Å². The first-order valence-corrected chi connectivity index (χ1v) is 7.79. The molecule has 0 saturated carbocycles. The molecule has 1 amide bonds. The number of carboxylic acid groups (broad SMARTS) is 1. The van der Waals surface area contributed by atoms with Crippen LogP contribution in [0, 0.1) is 17.8 Å². The van der Waals surface area contributed by atoms with Gasteiger partial charge >= 0.3 is 5.97 Å². The molecular weight excluding hydrogens is 256 g/mol. The topological polar surface area (TPSA) is 69.6 Å². The van der Waals surface area contributed by atoms with Crippen LogP contribution < -0.4 is 5.32 Å². The second-order valence-corrected chi connectivity index (χ2v) is 6.30. The van der Waals surface area contributed by atoms with Crippen LogP contribution in [0.4, 0.5) is 0 Å². The normalized spacial score (nSPS) is 28.9. The van der Waals surface area contributed by atoms with Crippen molar-refractivity contribution in [2.45, 2.75) is 39.0 Å². The van der Waals surface area contributed by atoms with Gasteiger partial charge in [-0.25, -0.2) is 0 Å². The summed E-state index contributed by atoms with van der Waals surface area (Å²) in [4.78, 5) is 25.1. The average molecular weight is 282 g/mol. The van der Waals surface area contributed by atoms with Crippen molar-refractivity contribution in [3.63, 3.8) is 0 Å². The smallest absolute Gasteiger partial charge is 0.308 e. The van der Waals surface area contributed by atoms with Gasteiger partial charge in [-0.1, -0.05) is 6.92 Å². The predicted molar refractivity (Wildman–Crippen MR) is 76.3 cm³/mol. The first-order valence-electron chi connectivity index (χ1n) is 7.79. The summed E-state index contributed by atoms with van der Waals surface area (Å²) in [5, 5.41) is 12.5. The summed E-state index contributed by atoms with van der Waals surface area (Å²) in [7, 11) is 0. The molecule has 0 aromatic carbocycles. The first-order chi connectivity index (χ1) is 9.58. The van der Waals surface area contributed by atoms with E-state index in [-0.39, 0.29) is 11.8 Å². The second kappa shape index (κ2) is 7.07. The zero-order valence-corrected chi connectivity index (χ0v) is 12.3. The Morgan fingerprint density at radius 2 is 2.15 bits per heavy atom. The summed E-state index contributed by atoms with van der Waals surface area (Å²) in [5.74, 6) is -0.0614. The Morgan fingerprint density at radius 1 is 1.35 bits per heavy atom. The molecule has 2 aliphatic heterocycles. The minimum atomic E-state index is -0.771. The van der Waals surface area contributed by atoms with Crippen LogP contribution in [-0.2, 0) is 9.59 Å². The van der Waals surface area contributed by atoms with Gasteiger partial charge in [-0.05, 0) is 50.6 Å². The van der Waals surface area contributed by atoms with Crippen molar-refractivity contribution in [2.24, 2.45) is 17.8 Å². The Morgan fingerprint density at radius 3 is 2.80 bits per heavy atom. The molecule has 3 unspecified atom stereocenters. The lowest BCUT2D eigenvalue weighted by Crippen LogP contribution is -2.43. The van der Waals surface area contributed by atoms with Gasteiger partial charge in [0.2, 0.25) is 5.91 Å². The molecule has 0 bridgehead atoms. The quantitative estimate of drug-likeness (QED) is 0.816. The summed E-state index contributed by atoms with van der Waals surface area (Å²) in [6.45, 7) is 5.35. The van der Waals surface area contributed by atoms with E-state index in [1.165, 1.54) is 12.8 Å². The van der Waals surface area contributed by atoms with Crippen molar-refractivity contribution < 1.29 is 14.7 Å². The molecular formula is C15H26N2O3. The van der Waals surface area contributed by atoms with Gasteiger partial charge in [-0.15, -0.1) is 0 Å². The lowest BCUT2D eigenvalue weighted by molar-refractivity contribution is -0.146. The number of amides is 1. The highest BCUT2D eigenvalue weighted by molar-refractivity contribution is 5.78. The molecule has 5 nitrogen and oxygen atoms in total. The Labute approximate surface area is 120 Å². The third-order valence-corrected chi connectivity index (χ3v) is 4.76. The minimum Gasteiger partial charge on any atom is -0.481 e. The van der Waals surface area contributed by atoms with Crippen molar-refractivity contribution >= 4 is 11.9 Å². The maximum absolute atomic E-state index is 12.3. The first kappa shape index (κ1) is 15.3. The number of piperidine rings is 2. The zero-order valence-electron chi connectivity index (χ0n) is 12.3. The standard InChI is InChI=1S/C15H26N2O3/c1-11(12-4-2-6-16-9-12)8-14(18)17-7-3-5-13(10-17)15(19)20/h11-13,16H,2-10H2,1H3,(H,19,20). The summed E-state index contributed by atoms with van der Waals surface area (Å²) in [6, 6.07) is 0. The fourth-order valence-corrected chi connectivity index (χ4v) is 3.34. The monoisotopic (exact) mass is 282 g/mol. The van der Waals surface area contributed by atoms with Gasteiger partial charge < -0.3 is 15.3 Å².